The molecule has 0 amide bonds. The van der Waals surface area contributed by atoms with E-state index < -0.39 is 0 Å². The van der Waals surface area contributed by atoms with Crippen LogP contribution >= 0.6 is 0 Å². The lowest BCUT2D eigenvalue weighted by molar-refractivity contribution is 0.257. The first-order chi connectivity index (χ1) is 7.08. The summed E-state index contributed by atoms with van der Waals surface area (Å²) in [4.78, 5) is 0. The molecule has 1 saturated carbocycles. The van der Waals surface area contributed by atoms with Crippen LogP contribution in [0.25, 0.3) is 0 Å². The Hall–Kier alpha value is -0.260. The van der Waals surface area contributed by atoms with Gasteiger partial charge in [0.25, 0.3) is 0 Å². The van der Waals surface area contributed by atoms with Gasteiger partial charge in [-0.2, -0.15) is 0 Å². The Labute approximate surface area is 96.2 Å². The summed E-state index contributed by atoms with van der Waals surface area (Å²) in [5.74, 6) is 3.36. The second-order valence-electron chi connectivity index (χ2n) is 5.67. The van der Waals surface area contributed by atoms with Gasteiger partial charge in [0.2, 0.25) is 0 Å². The van der Waals surface area contributed by atoms with E-state index in [9.17, 15) is 0 Å². The van der Waals surface area contributed by atoms with Gasteiger partial charge < -0.3 is 0 Å². The predicted octanol–water partition coefficient (Wildman–Crippen LogP) is 5.05. The fourth-order valence-corrected chi connectivity index (χ4v) is 3.23. The minimum Gasteiger partial charge on any atom is -0.0993 e. The Morgan fingerprint density at radius 3 is 2.27 bits per heavy atom. The number of hydrogen-bond acceptors (Lipinski definition) is 0. The van der Waals surface area contributed by atoms with Crippen molar-refractivity contribution in [3.63, 3.8) is 0 Å². The smallest absolute Gasteiger partial charge is 0.0203 e. The van der Waals surface area contributed by atoms with Crippen molar-refractivity contribution in [2.75, 3.05) is 0 Å². The Morgan fingerprint density at radius 1 is 1.07 bits per heavy atom. The van der Waals surface area contributed by atoms with E-state index in [2.05, 4.69) is 34.3 Å². The molecule has 1 aliphatic carbocycles. The molecule has 15 heavy (non-hydrogen) atoms. The van der Waals surface area contributed by atoms with Crippen LogP contribution in [0.5, 0.6) is 0 Å². The van der Waals surface area contributed by atoms with Crippen LogP contribution in [0.3, 0.4) is 0 Å². The Bertz CT molecular complexity index is 204. The summed E-state index contributed by atoms with van der Waals surface area (Å²) in [7, 11) is 0. The average Bonchev–Trinajstić information content (AvgIpc) is 2.21. The quantitative estimate of drug-likeness (QED) is 0.557. The predicted molar refractivity (Wildman–Crippen MR) is 68.9 cm³/mol. The van der Waals surface area contributed by atoms with E-state index in [0.29, 0.717) is 0 Å². The molecule has 4 unspecified atom stereocenters. The third-order valence-electron chi connectivity index (χ3n) is 4.34. The van der Waals surface area contributed by atoms with E-state index in [1.807, 2.05) is 0 Å². The summed E-state index contributed by atoms with van der Waals surface area (Å²) in [6.45, 7) is 13.8. The van der Waals surface area contributed by atoms with Crippen LogP contribution in [0.2, 0.25) is 0 Å². The highest BCUT2D eigenvalue weighted by atomic mass is 14.3. The van der Waals surface area contributed by atoms with E-state index in [-0.39, 0.29) is 0 Å². The molecule has 0 aromatic carbocycles. The number of rotatable bonds is 2. The molecule has 1 fully saturated rings. The van der Waals surface area contributed by atoms with Gasteiger partial charge in [-0.05, 0) is 49.4 Å². The highest BCUT2D eigenvalue weighted by molar-refractivity contribution is 5.06. The lowest BCUT2D eigenvalue weighted by Gasteiger charge is -2.33. The van der Waals surface area contributed by atoms with Crippen LogP contribution in [-0.2, 0) is 0 Å². The van der Waals surface area contributed by atoms with Gasteiger partial charge in [-0.3, -0.25) is 0 Å². The first kappa shape index (κ1) is 12.8. The van der Waals surface area contributed by atoms with Crippen LogP contribution in [0.4, 0.5) is 0 Å². The second-order valence-corrected chi connectivity index (χ2v) is 5.67. The van der Waals surface area contributed by atoms with Gasteiger partial charge in [0.05, 0.1) is 0 Å². The minimum atomic E-state index is 0.739. The zero-order chi connectivity index (χ0) is 11.4. The van der Waals surface area contributed by atoms with Gasteiger partial charge in [0, 0.05) is 0 Å². The van der Waals surface area contributed by atoms with E-state index in [1.54, 1.807) is 0 Å². The van der Waals surface area contributed by atoms with Gasteiger partial charge >= 0.3 is 0 Å². The normalized spacial score (nSPS) is 38.5. The van der Waals surface area contributed by atoms with Gasteiger partial charge in [0.15, 0.2) is 0 Å². The van der Waals surface area contributed by atoms with Crippen LogP contribution in [0, 0.1) is 23.7 Å². The first-order valence-corrected chi connectivity index (χ1v) is 6.77. The van der Waals surface area contributed by atoms with Crippen LogP contribution in [0.15, 0.2) is 12.2 Å². The monoisotopic (exact) mass is 208 g/mol. The molecule has 88 valence electrons. The highest BCUT2D eigenvalue weighted by Gasteiger charge is 2.25. The van der Waals surface area contributed by atoms with Gasteiger partial charge in [-0.15, -0.1) is 0 Å². The van der Waals surface area contributed by atoms with Crippen molar-refractivity contribution in [2.24, 2.45) is 23.7 Å². The van der Waals surface area contributed by atoms with Crippen molar-refractivity contribution >= 4 is 0 Å². The molecule has 0 heteroatoms. The summed E-state index contributed by atoms with van der Waals surface area (Å²) in [5.41, 5.74) is 1.53. The maximum absolute atomic E-state index is 4.35. The second kappa shape index (κ2) is 5.72. The van der Waals surface area contributed by atoms with Crippen LogP contribution in [-0.4, -0.2) is 0 Å². The van der Waals surface area contributed by atoms with Gasteiger partial charge in [-0.25, -0.2) is 0 Å². The third-order valence-corrected chi connectivity index (χ3v) is 4.34. The molecule has 0 spiro atoms. The maximum Gasteiger partial charge on any atom is -0.0203 e. The van der Waals surface area contributed by atoms with Crippen LogP contribution < -0.4 is 0 Å². The molecule has 0 aliphatic heterocycles. The van der Waals surface area contributed by atoms with Crippen LogP contribution in [0.1, 0.15) is 59.8 Å². The summed E-state index contributed by atoms with van der Waals surface area (Å²) in [5, 5.41) is 0. The molecule has 1 aliphatic rings. The lowest BCUT2D eigenvalue weighted by atomic mass is 9.72. The molecule has 1 rings (SSSR count). The SMILES string of the molecule is C=C1C(C)CC(C)CC(CC)CC1CC. The van der Waals surface area contributed by atoms with Crippen molar-refractivity contribution in [1.29, 1.82) is 0 Å². The highest BCUT2D eigenvalue weighted by Crippen LogP contribution is 2.38. The zero-order valence-electron chi connectivity index (χ0n) is 11.1. The number of hydrogen-bond donors (Lipinski definition) is 0. The summed E-state index contributed by atoms with van der Waals surface area (Å²) < 4.78 is 0. The molecule has 4 atom stereocenters. The molecular weight excluding hydrogens is 180 g/mol. The first-order valence-electron chi connectivity index (χ1n) is 6.77. The molecule has 0 N–H and O–H groups in total. The third kappa shape index (κ3) is 3.36. The van der Waals surface area contributed by atoms with Crippen molar-refractivity contribution in [2.45, 2.75) is 59.8 Å². The van der Waals surface area contributed by atoms with E-state index >= 15 is 0 Å². The summed E-state index contributed by atoms with van der Waals surface area (Å²) in [6, 6.07) is 0. The average molecular weight is 208 g/mol. The molecule has 0 aromatic rings. The summed E-state index contributed by atoms with van der Waals surface area (Å²) >= 11 is 0. The van der Waals surface area contributed by atoms with E-state index in [1.165, 1.54) is 37.7 Å². The minimum absolute atomic E-state index is 0.739. The van der Waals surface area contributed by atoms with Gasteiger partial charge in [-0.1, -0.05) is 46.3 Å². The molecule has 0 nitrogen and oxygen atoms in total. The molecule has 0 saturated heterocycles. The molecule has 0 aromatic heterocycles. The zero-order valence-corrected chi connectivity index (χ0v) is 11.1. The molecular formula is C15H28. The molecule has 0 heterocycles. The van der Waals surface area contributed by atoms with Crippen molar-refractivity contribution in [1.82, 2.24) is 0 Å². The maximum atomic E-state index is 4.35. The standard InChI is InChI=1S/C15H28/c1-6-14-9-11(3)8-12(4)13(5)15(7-2)10-14/h11-12,14-15H,5-10H2,1-4H3. The topological polar surface area (TPSA) is 0 Å². The fourth-order valence-electron chi connectivity index (χ4n) is 3.23. The van der Waals surface area contributed by atoms with E-state index in [4.69, 9.17) is 0 Å². The number of allylic oxidation sites excluding steroid dienone is 1. The largest absolute Gasteiger partial charge is 0.0993 e. The molecule has 0 radical (unpaired) electrons. The Morgan fingerprint density at radius 2 is 1.73 bits per heavy atom. The Balaban J connectivity index is 2.71. The lowest BCUT2D eigenvalue weighted by Crippen LogP contribution is -2.21. The van der Waals surface area contributed by atoms with Crippen molar-refractivity contribution in [3.8, 4) is 0 Å². The van der Waals surface area contributed by atoms with E-state index in [0.717, 1.165) is 23.7 Å². The molecule has 0 bridgehead atoms. The van der Waals surface area contributed by atoms with Crippen molar-refractivity contribution in [3.05, 3.63) is 12.2 Å². The summed E-state index contributed by atoms with van der Waals surface area (Å²) in [6.07, 6.45) is 6.81. The van der Waals surface area contributed by atoms with Gasteiger partial charge in [0.1, 0.15) is 0 Å². The Kier molecular flexibility index (Phi) is 4.89. The van der Waals surface area contributed by atoms with Crippen molar-refractivity contribution < 1.29 is 0 Å². The fraction of sp³-hybridized carbons (Fsp3) is 0.867.